The van der Waals surface area contributed by atoms with Crippen molar-refractivity contribution in [2.24, 2.45) is 0 Å². The molecule has 0 aliphatic heterocycles. The van der Waals surface area contributed by atoms with E-state index in [1.807, 2.05) is 25.1 Å². The number of thiophene rings is 1. The van der Waals surface area contributed by atoms with E-state index in [0.29, 0.717) is 5.69 Å². The number of hydrogen-bond donors (Lipinski definition) is 1. The zero-order valence-corrected chi connectivity index (χ0v) is 13.3. The molecule has 1 aromatic heterocycles. The van der Waals surface area contributed by atoms with Crippen LogP contribution in [0.5, 0.6) is 0 Å². The Morgan fingerprint density at radius 3 is 2.70 bits per heavy atom. The fourth-order valence-electron chi connectivity index (χ4n) is 2.14. The standard InChI is InChI=1S/C16H13BrFNS/c1-10(19-16-12(17)6-4-7-13(16)18)15-9-11-5-2-3-8-14(11)20-15/h2-10,19H,1H3. The molecule has 0 saturated heterocycles. The van der Waals surface area contributed by atoms with Crippen molar-refractivity contribution in [3.8, 4) is 0 Å². The van der Waals surface area contributed by atoms with E-state index in [0.717, 1.165) is 4.47 Å². The van der Waals surface area contributed by atoms with Gasteiger partial charge < -0.3 is 5.32 Å². The van der Waals surface area contributed by atoms with E-state index in [9.17, 15) is 4.39 Å². The van der Waals surface area contributed by atoms with Crippen LogP contribution in [0, 0.1) is 5.82 Å². The first kappa shape index (κ1) is 13.6. The van der Waals surface area contributed by atoms with Gasteiger partial charge in [-0.25, -0.2) is 4.39 Å². The molecule has 0 radical (unpaired) electrons. The maximum Gasteiger partial charge on any atom is 0.147 e. The van der Waals surface area contributed by atoms with E-state index < -0.39 is 0 Å². The smallest absolute Gasteiger partial charge is 0.147 e. The Morgan fingerprint density at radius 2 is 1.95 bits per heavy atom. The normalized spacial score (nSPS) is 12.6. The minimum absolute atomic E-state index is 0.0561. The summed E-state index contributed by atoms with van der Waals surface area (Å²) in [6.07, 6.45) is 0. The van der Waals surface area contributed by atoms with Gasteiger partial charge in [-0.15, -0.1) is 11.3 Å². The van der Waals surface area contributed by atoms with Crippen molar-refractivity contribution in [1.82, 2.24) is 0 Å². The summed E-state index contributed by atoms with van der Waals surface area (Å²) in [6.45, 7) is 2.05. The predicted octanol–water partition coefficient (Wildman–Crippen LogP) is 5.98. The molecule has 0 aliphatic carbocycles. The number of hydrogen-bond acceptors (Lipinski definition) is 2. The quantitative estimate of drug-likeness (QED) is 0.613. The molecule has 0 bridgehead atoms. The van der Waals surface area contributed by atoms with Crippen molar-refractivity contribution < 1.29 is 4.39 Å². The van der Waals surface area contributed by atoms with Crippen molar-refractivity contribution in [3.63, 3.8) is 0 Å². The lowest BCUT2D eigenvalue weighted by molar-refractivity contribution is 0.627. The monoisotopic (exact) mass is 349 g/mol. The van der Waals surface area contributed by atoms with E-state index in [-0.39, 0.29) is 11.9 Å². The van der Waals surface area contributed by atoms with E-state index >= 15 is 0 Å². The van der Waals surface area contributed by atoms with Crippen LogP contribution >= 0.6 is 27.3 Å². The summed E-state index contributed by atoms with van der Waals surface area (Å²) in [4.78, 5) is 1.20. The molecule has 0 spiro atoms. The summed E-state index contributed by atoms with van der Waals surface area (Å²) in [5.74, 6) is -0.243. The summed E-state index contributed by atoms with van der Waals surface area (Å²) in [5.41, 5.74) is 0.512. The van der Waals surface area contributed by atoms with Gasteiger partial charge in [0.15, 0.2) is 0 Å². The summed E-state index contributed by atoms with van der Waals surface area (Å²) >= 11 is 5.12. The topological polar surface area (TPSA) is 12.0 Å². The molecule has 102 valence electrons. The third-order valence-corrected chi connectivity index (χ3v) is 5.15. The average Bonchev–Trinajstić information content (AvgIpc) is 2.87. The van der Waals surface area contributed by atoms with Crippen molar-refractivity contribution in [1.29, 1.82) is 0 Å². The van der Waals surface area contributed by atoms with Gasteiger partial charge in [0.05, 0.1) is 11.7 Å². The molecule has 0 fully saturated rings. The molecule has 1 N–H and O–H groups in total. The molecule has 3 rings (SSSR count). The molecule has 1 unspecified atom stereocenters. The summed E-state index contributed by atoms with van der Waals surface area (Å²) in [5, 5.41) is 4.47. The largest absolute Gasteiger partial charge is 0.374 e. The van der Waals surface area contributed by atoms with E-state index in [1.54, 1.807) is 17.4 Å². The highest BCUT2D eigenvalue weighted by Crippen LogP contribution is 2.34. The molecule has 2 aromatic carbocycles. The molecule has 1 heterocycles. The molecular formula is C16H13BrFNS. The Kier molecular flexibility index (Phi) is 3.76. The van der Waals surface area contributed by atoms with Crippen LogP contribution in [0.3, 0.4) is 0 Å². The first-order valence-corrected chi connectivity index (χ1v) is 7.95. The molecule has 0 saturated carbocycles. The van der Waals surface area contributed by atoms with Crippen molar-refractivity contribution >= 4 is 43.0 Å². The van der Waals surface area contributed by atoms with Crippen LogP contribution in [-0.4, -0.2) is 0 Å². The van der Waals surface area contributed by atoms with Crippen molar-refractivity contribution in [2.45, 2.75) is 13.0 Å². The maximum atomic E-state index is 13.8. The number of anilines is 1. The Bertz CT molecular complexity index is 700. The highest BCUT2D eigenvalue weighted by Gasteiger charge is 2.13. The van der Waals surface area contributed by atoms with Gasteiger partial charge >= 0.3 is 0 Å². The molecule has 20 heavy (non-hydrogen) atoms. The van der Waals surface area contributed by atoms with Gasteiger partial charge in [-0.2, -0.15) is 0 Å². The van der Waals surface area contributed by atoms with Crippen molar-refractivity contribution in [3.05, 3.63) is 63.7 Å². The zero-order valence-electron chi connectivity index (χ0n) is 10.9. The Balaban J connectivity index is 1.91. The van der Waals surface area contributed by atoms with E-state index in [4.69, 9.17) is 0 Å². The van der Waals surface area contributed by atoms with E-state index in [2.05, 4.69) is 39.4 Å². The van der Waals surface area contributed by atoms with Crippen molar-refractivity contribution in [2.75, 3.05) is 5.32 Å². The van der Waals surface area contributed by atoms with E-state index in [1.165, 1.54) is 21.0 Å². The molecule has 0 amide bonds. The minimum atomic E-state index is -0.243. The molecule has 0 aliphatic rings. The van der Waals surface area contributed by atoms with Gasteiger partial charge in [0.25, 0.3) is 0 Å². The second-order valence-corrected chi connectivity index (χ2v) is 6.62. The second kappa shape index (κ2) is 5.54. The lowest BCUT2D eigenvalue weighted by Gasteiger charge is -2.15. The lowest BCUT2D eigenvalue weighted by atomic mass is 10.2. The van der Waals surface area contributed by atoms with Crippen LogP contribution in [0.2, 0.25) is 0 Å². The van der Waals surface area contributed by atoms with Crippen LogP contribution in [0.4, 0.5) is 10.1 Å². The first-order valence-electron chi connectivity index (χ1n) is 6.34. The van der Waals surface area contributed by atoms with Crippen LogP contribution in [0.25, 0.3) is 10.1 Å². The number of para-hydroxylation sites is 1. The Hall–Kier alpha value is -1.39. The van der Waals surface area contributed by atoms with Crippen LogP contribution in [0.15, 0.2) is 53.0 Å². The second-order valence-electron chi connectivity index (χ2n) is 4.65. The number of rotatable bonds is 3. The van der Waals surface area contributed by atoms with Gasteiger partial charge in [0, 0.05) is 14.0 Å². The van der Waals surface area contributed by atoms with Gasteiger partial charge in [0.2, 0.25) is 0 Å². The fraction of sp³-hybridized carbons (Fsp3) is 0.125. The summed E-state index contributed by atoms with van der Waals surface area (Å²) in [6, 6.07) is 15.5. The average molecular weight is 350 g/mol. The number of fused-ring (bicyclic) bond motifs is 1. The Labute approximate surface area is 129 Å². The fourth-order valence-corrected chi connectivity index (χ4v) is 3.66. The molecule has 1 nitrogen and oxygen atoms in total. The highest BCUT2D eigenvalue weighted by atomic mass is 79.9. The maximum absolute atomic E-state index is 13.8. The number of benzene rings is 2. The van der Waals surface area contributed by atoms with Gasteiger partial charge in [0.1, 0.15) is 5.82 Å². The number of nitrogens with one attached hydrogen (secondary N) is 1. The molecule has 3 aromatic rings. The predicted molar refractivity (Wildman–Crippen MR) is 88.0 cm³/mol. The zero-order chi connectivity index (χ0) is 14.1. The summed E-state index contributed by atoms with van der Waals surface area (Å²) < 4.78 is 15.8. The third kappa shape index (κ3) is 2.58. The van der Waals surface area contributed by atoms with Crippen LogP contribution < -0.4 is 5.32 Å². The van der Waals surface area contributed by atoms with Gasteiger partial charge in [-0.05, 0) is 52.5 Å². The SMILES string of the molecule is CC(Nc1c(F)cccc1Br)c1cc2ccccc2s1. The summed E-state index contributed by atoms with van der Waals surface area (Å²) in [7, 11) is 0. The molecule has 1 atom stereocenters. The molecule has 4 heteroatoms. The van der Waals surface area contributed by atoms with Crippen LogP contribution in [0.1, 0.15) is 17.8 Å². The lowest BCUT2D eigenvalue weighted by Crippen LogP contribution is -2.06. The Morgan fingerprint density at radius 1 is 1.15 bits per heavy atom. The first-order chi connectivity index (χ1) is 9.65. The molecular weight excluding hydrogens is 337 g/mol. The third-order valence-electron chi connectivity index (χ3n) is 3.19. The van der Waals surface area contributed by atoms with Gasteiger partial charge in [-0.3, -0.25) is 0 Å². The number of halogens is 2. The minimum Gasteiger partial charge on any atom is -0.374 e. The van der Waals surface area contributed by atoms with Crippen LogP contribution in [-0.2, 0) is 0 Å². The highest BCUT2D eigenvalue weighted by molar-refractivity contribution is 9.10. The van der Waals surface area contributed by atoms with Gasteiger partial charge in [-0.1, -0.05) is 24.3 Å².